The molecule has 0 saturated carbocycles. The Hall–Kier alpha value is -2.62. The van der Waals surface area contributed by atoms with E-state index < -0.39 is 5.97 Å². The van der Waals surface area contributed by atoms with Gasteiger partial charge in [-0.1, -0.05) is 31.2 Å². The van der Waals surface area contributed by atoms with E-state index in [-0.39, 0.29) is 5.56 Å². The lowest BCUT2D eigenvalue weighted by Crippen LogP contribution is -2.02. The summed E-state index contributed by atoms with van der Waals surface area (Å²) in [5.74, 6) is -0.918. The molecule has 0 saturated heterocycles. The van der Waals surface area contributed by atoms with E-state index in [2.05, 4.69) is 24.0 Å². The number of aromatic nitrogens is 2. The number of aromatic carboxylic acids is 1. The summed E-state index contributed by atoms with van der Waals surface area (Å²) in [6.45, 7) is 2.83. The molecule has 0 aliphatic rings. The molecule has 1 N–H and O–H groups in total. The van der Waals surface area contributed by atoms with Crippen LogP contribution in [0.5, 0.6) is 0 Å². The molecular weight excluding hydrogens is 264 g/mol. The second kappa shape index (κ2) is 5.40. The minimum Gasteiger partial charge on any atom is -0.478 e. The van der Waals surface area contributed by atoms with Crippen LogP contribution in [0.2, 0.25) is 0 Å². The molecule has 106 valence electrons. The highest BCUT2D eigenvalue weighted by Crippen LogP contribution is 2.18. The molecule has 0 fully saturated rings. The van der Waals surface area contributed by atoms with E-state index in [9.17, 15) is 4.79 Å². The van der Waals surface area contributed by atoms with Crippen molar-refractivity contribution in [3.8, 4) is 0 Å². The summed E-state index contributed by atoms with van der Waals surface area (Å²) in [5.41, 5.74) is 4.48. The van der Waals surface area contributed by atoms with Crippen molar-refractivity contribution in [2.75, 3.05) is 0 Å². The predicted octanol–water partition coefficient (Wildman–Crippen LogP) is 3.35. The van der Waals surface area contributed by atoms with Crippen LogP contribution in [0.25, 0.3) is 11.0 Å². The van der Waals surface area contributed by atoms with Crippen LogP contribution < -0.4 is 0 Å². The fourth-order valence-corrected chi connectivity index (χ4v) is 2.56. The van der Waals surface area contributed by atoms with E-state index in [1.54, 1.807) is 24.5 Å². The third kappa shape index (κ3) is 2.52. The first-order chi connectivity index (χ1) is 10.2. The summed E-state index contributed by atoms with van der Waals surface area (Å²) in [7, 11) is 0. The summed E-state index contributed by atoms with van der Waals surface area (Å²) in [5, 5.41) is 9.11. The highest BCUT2D eigenvalue weighted by Gasteiger charge is 2.09. The first kappa shape index (κ1) is 13.4. The lowest BCUT2D eigenvalue weighted by atomic mass is 10.1. The van der Waals surface area contributed by atoms with E-state index in [0.29, 0.717) is 6.54 Å². The van der Waals surface area contributed by atoms with Gasteiger partial charge in [-0.05, 0) is 35.7 Å². The van der Waals surface area contributed by atoms with Crippen LogP contribution in [0.4, 0.5) is 0 Å². The topological polar surface area (TPSA) is 55.1 Å². The Balaban J connectivity index is 2.04. The zero-order valence-corrected chi connectivity index (χ0v) is 11.8. The van der Waals surface area contributed by atoms with Gasteiger partial charge in [-0.2, -0.15) is 0 Å². The van der Waals surface area contributed by atoms with Crippen molar-refractivity contribution < 1.29 is 9.90 Å². The number of aryl methyl sites for hydroxylation is 1. The first-order valence-corrected chi connectivity index (χ1v) is 6.94. The largest absolute Gasteiger partial charge is 0.478 e. The third-order valence-electron chi connectivity index (χ3n) is 3.71. The summed E-state index contributed by atoms with van der Waals surface area (Å²) < 4.78 is 2.00. The van der Waals surface area contributed by atoms with Gasteiger partial charge in [-0.25, -0.2) is 9.78 Å². The highest BCUT2D eigenvalue weighted by atomic mass is 16.4. The predicted molar refractivity (Wildman–Crippen MR) is 81.6 cm³/mol. The molecule has 0 radical (unpaired) electrons. The minimum atomic E-state index is -0.918. The number of hydrogen-bond acceptors (Lipinski definition) is 2. The minimum absolute atomic E-state index is 0.285. The fraction of sp³-hybridized carbons (Fsp3) is 0.176. The number of carbonyl (C=O) groups is 1. The maximum atomic E-state index is 11.1. The number of carboxylic acid groups (broad SMARTS) is 1. The molecule has 0 aliphatic heterocycles. The standard InChI is InChI=1S/C17H16N2O2/c1-2-12-5-3-4-6-14(12)10-19-11-18-15-8-7-13(17(20)21)9-16(15)19/h3-9,11H,2,10H2,1H3,(H,20,21). The molecular formula is C17H16N2O2. The lowest BCUT2D eigenvalue weighted by Gasteiger charge is -2.09. The Kier molecular flexibility index (Phi) is 3.44. The van der Waals surface area contributed by atoms with Crippen LogP contribution in [-0.2, 0) is 13.0 Å². The summed E-state index contributed by atoms with van der Waals surface area (Å²) in [6, 6.07) is 13.3. The normalized spacial score (nSPS) is 10.9. The first-order valence-electron chi connectivity index (χ1n) is 6.94. The lowest BCUT2D eigenvalue weighted by molar-refractivity contribution is 0.0697. The average Bonchev–Trinajstić information content (AvgIpc) is 2.90. The Bertz CT molecular complexity index is 805. The Morgan fingerprint density at radius 3 is 2.67 bits per heavy atom. The molecule has 0 amide bonds. The van der Waals surface area contributed by atoms with Gasteiger partial charge in [-0.3, -0.25) is 0 Å². The molecule has 4 heteroatoms. The summed E-state index contributed by atoms with van der Waals surface area (Å²) >= 11 is 0. The molecule has 1 heterocycles. The van der Waals surface area contributed by atoms with Crippen LogP contribution >= 0.6 is 0 Å². The Labute approximate surface area is 122 Å². The van der Waals surface area contributed by atoms with Crippen molar-refractivity contribution in [3.63, 3.8) is 0 Å². The van der Waals surface area contributed by atoms with Gasteiger partial charge in [0, 0.05) is 6.54 Å². The molecule has 0 atom stereocenters. The van der Waals surface area contributed by atoms with Gasteiger partial charge >= 0.3 is 5.97 Å². The van der Waals surface area contributed by atoms with Crippen molar-refractivity contribution >= 4 is 17.0 Å². The number of fused-ring (bicyclic) bond motifs is 1. The van der Waals surface area contributed by atoms with Gasteiger partial charge in [0.25, 0.3) is 0 Å². The molecule has 0 unspecified atom stereocenters. The van der Waals surface area contributed by atoms with Gasteiger partial charge < -0.3 is 9.67 Å². The number of benzene rings is 2. The second-order valence-corrected chi connectivity index (χ2v) is 5.00. The number of nitrogens with zero attached hydrogens (tertiary/aromatic N) is 2. The molecule has 0 bridgehead atoms. The molecule has 0 aliphatic carbocycles. The SMILES string of the molecule is CCc1ccccc1Cn1cnc2ccc(C(=O)O)cc21. The van der Waals surface area contributed by atoms with E-state index in [4.69, 9.17) is 5.11 Å². The zero-order chi connectivity index (χ0) is 14.8. The summed E-state index contributed by atoms with van der Waals surface area (Å²) in [6.07, 6.45) is 2.74. The van der Waals surface area contributed by atoms with Gasteiger partial charge in [0.05, 0.1) is 22.9 Å². The molecule has 21 heavy (non-hydrogen) atoms. The van der Waals surface area contributed by atoms with Crippen LogP contribution in [0.3, 0.4) is 0 Å². The number of rotatable bonds is 4. The number of hydrogen-bond donors (Lipinski definition) is 1. The molecule has 2 aromatic carbocycles. The van der Waals surface area contributed by atoms with Gasteiger partial charge in [0.2, 0.25) is 0 Å². The van der Waals surface area contributed by atoms with E-state index >= 15 is 0 Å². The van der Waals surface area contributed by atoms with E-state index in [1.807, 2.05) is 16.7 Å². The highest BCUT2D eigenvalue weighted by molar-refractivity contribution is 5.92. The molecule has 1 aromatic heterocycles. The Morgan fingerprint density at radius 1 is 1.19 bits per heavy atom. The van der Waals surface area contributed by atoms with Crippen molar-refractivity contribution in [3.05, 3.63) is 65.5 Å². The zero-order valence-electron chi connectivity index (χ0n) is 11.8. The maximum absolute atomic E-state index is 11.1. The molecule has 4 nitrogen and oxygen atoms in total. The molecule has 3 aromatic rings. The van der Waals surface area contributed by atoms with Crippen LogP contribution in [0, 0.1) is 0 Å². The third-order valence-corrected chi connectivity index (χ3v) is 3.71. The van der Waals surface area contributed by atoms with Crippen molar-refractivity contribution in [2.45, 2.75) is 19.9 Å². The van der Waals surface area contributed by atoms with Crippen molar-refractivity contribution in [2.24, 2.45) is 0 Å². The maximum Gasteiger partial charge on any atom is 0.335 e. The second-order valence-electron chi connectivity index (χ2n) is 5.00. The van der Waals surface area contributed by atoms with E-state index in [1.165, 1.54) is 11.1 Å². The fourth-order valence-electron chi connectivity index (χ4n) is 2.56. The van der Waals surface area contributed by atoms with Gasteiger partial charge in [0.15, 0.2) is 0 Å². The van der Waals surface area contributed by atoms with Crippen LogP contribution in [0.1, 0.15) is 28.4 Å². The van der Waals surface area contributed by atoms with Crippen LogP contribution in [-0.4, -0.2) is 20.6 Å². The smallest absolute Gasteiger partial charge is 0.335 e. The van der Waals surface area contributed by atoms with E-state index in [0.717, 1.165) is 17.5 Å². The van der Waals surface area contributed by atoms with Gasteiger partial charge in [-0.15, -0.1) is 0 Å². The van der Waals surface area contributed by atoms with Crippen molar-refractivity contribution in [1.82, 2.24) is 9.55 Å². The quantitative estimate of drug-likeness (QED) is 0.797. The van der Waals surface area contributed by atoms with Crippen LogP contribution in [0.15, 0.2) is 48.8 Å². The summed E-state index contributed by atoms with van der Waals surface area (Å²) in [4.78, 5) is 15.4. The number of imidazole rings is 1. The molecule has 0 spiro atoms. The Morgan fingerprint density at radius 2 is 1.95 bits per heavy atom. The van der Waals surface area contributed by atoms with Gasteiger partial charge in [0.1, 0.15) is 0 Å². The average molecular weight is 280 g/mol. The molecule has 3 rings (SSSR count). The van der Waals surface area contributed by atoms with Crippen molar-refractivity contribution in [1.29, 1.82) is 0 Å². The number of carboxylic acids is 1. The monoisotopic (exact) mass is 280 g/mol.